The second-order valence-corrected chi connectivity index (χ2v) is 7.93. The molecule has 158 valence electrons. The summed E-state index contributed by atoms with van der Waals surface area (Å²) in [6, 6.07) is 11.6. The summed E-state index contributed by atoms with van der Waals surface area (Å²) < 4.78 is 18.5. The number of aromatic nitrogens is 1. The lowest BCUT2D eigenvalue weighted by Gasteiger charge is -2.25. The van der Waals surface area contributed by atoms with E-state index in [4.69, 9.17) is 27.6 Å². The number of nitrogens with zero attached hydrogens (tertiary/aromatic N) is 2. The monoisotopic (exact) mass is 449 g/mol. The van der Waals surface area contributed by atoms with E-state index in [1.54, 1.807) is 18.2 Å². The molecule has 1 amide bonds. The van der Waals surface area contributed by atoms with Gasteiger partial charge >= 0.3 is 0 Å². The highest BCUT2D eigenvalue weighted by atomic mass is 35.5. The topological polar surface area (TPSA) is 58.4 Å². The van der Waals surface area contributed by atoms with Crippen LogP contribution >= 0.6 is 23.2 Å². The van der Waals surface area contributed by atoms with E-state index in [1.807, 2.05) is 12.1 Å². The van der Waals surface area contributed by atoms with E-state index in [9.17, 15) is 9.18 Å². The number of rotatable bonds is 8. The molecule has 0 unspecified atom stereocenters. The van der Waals surface area contributed by atoms with Crippen molar-refractivity contribution >= 4 is 29.1 Å². The van der Waals surface area contributed by atoms with Gasteiger partial charge in [0, 0.05) is 19.1 Å². The van der Waals surface area contributed by atoms with Gasteiger partial charge in [0.2, 0.25) is 5.89 Å². The third kappa shape index (κ3) is 5.81. The van der Waals surface area contributed by atoms with E-state index >= 15 is 0 Å². The third-order valence-electron chi connectivity index (χ3n) is 4.62. The van der Waals surface area contributed by atoms with Crippen LogP contribution in [-0.4, -0.2) is 21.8 Å². The second kappa shape index (κ2) is 10.1. The Morgan fingerprint density at radius 1 is 1.17 bits per heavy atom. The Morgan fingerprint density at radius 3 is 2.60 bits per heavy atom. The first-order valence-electron chi connectivity index (χ1n) is 9.47. The minimum atomic E-state index is -0.358. The van der Waals surface area contributed by atoms with E-state index < -0.39 is 0 Å². The van der Waals surface area contributed by atoms with Crippen LogP contribution in [0.2, 0.25) is 10.0 Å². The molecular formula is C22H22Cl2FN3O2. The van der Waals surface area contributed by atoms with Crippen molar-refractivity contribution in [1.82, 2.24) is 15.2 Å². The van der Waals surface area contributed by atoms with Crippen LogP contribution in [0, 0.1) is 5.82 Å². The maximum absolute atomic E-state index is 13.0. The Bertz CT molecular complexity index is 1010. The number of benzene rings is 2. The van der Waals surface area contributed by atoms with Crippen molar-refractivity contribution in [1.29, 1.82) is 0 Å². The molecule has 0 aliphatic heterocycles. The molecular weight excluding hydrogens is 428 g/mol. The number of halogens is 3. The minimum Gasteiger partial charge on any atom is -0.447 e. The fourth-order valence-electron chi connectivity index (χ4n) is 2.85. The van der Waals surface area contributed by atoms with Gasteiger partial charge in [-0.2, -0.15) is 0 Å². The Morgan fingerprint density at radius 2 is 1.90 bits per heavy atom. The summed E-state index contributed by atoms with van der Waals surface area (Å²) in [5, 5.41) is 3.78. The molecule has 0 aliphatic carbocycles. The molecule has 1 N–H and O–H groups in total. The highest BCUT2D eigenvalue weighted by Crippen LogP contribution is 2.27. The van der Waals surface area contributed by atoms with Crippen LogP contribution < -0.4 is 5.32 Å². The molecule has 0 saturated carbocycles. The first kappa shape index (κ1) is 22.3. The van der Waals surface area contributed by atoms with Gasteiger partial charge in [-0.1, -0.05) is 47.5 Å². The van der Waals surface area contributed by atoms with Gasteiger partial charge in [0.1, 0.15) is 12.1 Å². The van der Waals surface area contributed by atoms with Crippen molar-refractivity contribution < 1.29 is 13.6 Å². The van der Waals surface area contributed by atoms with Gasteiger partial charge < -0.3 is 9.73 Å². The molecule has 2 aromatic carbocycles. The Kier molecular flexibility index (Phi) is 7.48. The van der Waals surface area contributed by atoms with Gasteiger partial charge in [0.15, 0.2) is 5.69 Å². The number of carbonyl (C=O) groups is 1. The lowest BCUT2D eigenvalue weighted by molar-refractivity contribution is 0.0945. The van der Waals surface area contributed by atoms with Crippen LogP contribution in [0.5, 0.6) is 0 Å². The highest BCUT2D eigenvalue weighted by molar-refractivity contribution is 6.42. The zero-order valence-electron chi connectivity index (χ0n) is 16.7. The van der Waals surface area contributed by atoms with Crippen LogP contribution in [0.4, 0.5) is 4.39 Å². The number of nitrogens with one attached hydrogen (secondary N) is 1. The Hall–Kier alpha value is -2.41. The molecule has 0 radical (unpaired) electrons. The van der Waals surface area contributed by atoms with Crippen molar-refractivity contribution in [2.24, 2.45) is 0 Å². The van der Waals surface area contributed by atoms with Gasteiger partial charge in [-0.15, -0.1) is 0 Å². The predicted molar refractivity (Wildman–Crippen MR) is 115 cm³/mol. The van der Waals surface area contributed by atoms with Crippen molar-refractivity contribution in [3.8, 4) is 0 Å². The van der Waals surface area contributed by atoms with Crippen LogP contribution in [-0.2, 0) is 19.6 Å². The van der Waals surface area contributed by atoms with Crippen LogP contribution in [0.25, 0.3) is 0 Å². The van der Waals surface area contributed by atoms with E-state index in [0.717, 1.165) is 11.1 Å². The fourth-order valence-corrected chi connectivity index (χ4v) is 3.23. The molecule has 0 aliphatic rings. The lowest BCUT2D eigenvalue weighted by atomic mass is 10.2. The average Bonchev–Trinajstić information content (AvgIpc) is 3.19. The lowest BCUT2D eigenvalue weighted by Crippen LogP contribution is -2.30. The summed E-state index contributed by atoms with van der Waals surface area (Å²) in [5.41, 5.74) is 1.89. The molecule has 5 nitrogen and oxygen atoms in total. The molecule has 0 saturated heterocycles. The van der Waals surface area contributed by atoms with Crippen LogP contribution in [0.3, 0.4) is 0 Å². The quantitative estimate of drug-likeness (QED) is 0.495. The molecule has 0 bridgehead atoms. The van der Waals surface area contributed by atoms with Gasteiger partial charge in [-0.3, -0.25) is 9.69 Å². The van der Waals surface area contributed by atoms with Crippen molar-refractivity contribution in [3.63, 3.8) is 0 Å². The average molecular weight is 450 g/mol. The summed E-state index contributed by atoms with van der Waals surface area (Å²) in [5.74, 6) is -0.253. The number of hydrogen-bond donors (Lipinski definition) is 1. The van der Waals surface area contributed by atoms with E-state index in [0.29, 0.717) is 29.0 Å². The normalized spacial score (nSPS) is 11.3. The summed E-state index contributed by atoms with van der Waals surface area (Å²) in [7, 11) is 0. The van der Waals surface area contributed by atoms with Crippen molar-refractivity contribution in [2.45, 2.75) is 39.5 Å². The Labute approximate surface area is 184 Å². The number of oxazole rings is 1. The smallest absolute Gasteiger partial charge is 0.273 e. The number of hydrogen-bond acceptors (Lipinski definition) is 4. The van der Waals surface area contributed by atoms with Crippen LogP contribution in [0.1, 0.15) is 41.4 Å². The molecule has 1 heterocycles. The summed E-state index contributed by atoms with van der Waals surface area (Å²) in [6.07, 6.45) is 1.33. The second-order valence-electron chi connectivity index (χ2n) is 7.15. The first-order chi connectivity index (χ1) is 14.3. The zero-order chi connectivity index (χ0) is 21.7. The zero-order valence-corrected chi connectivity index (χ0v) is 18.2. The summed E-state index contributed by atoms with van der Waals surface area (Å²) in [4.78, 5) is 18.8. The van der Waals surface area contributed by atoms with Crippen molar-refractivity contribution in [3.05, 3.63) is 87.3 Å². The molecule has 1 aromatic heterocycles. The van der Waals surface area contributed by atoms with E-state index in [2.05, 4.69) is 29.0 Å². The summed E-state index contributed by atoms with van der Waals surface area (Å²) >= 11 is 12.4. The van der Waals surface area contributed by atoms with Crippen LogP contribution in [0.15, 0.2) is 53.1 Å². The van der Waals surface area contributed by atoms with Gasteiger partial charge in [-0.25, -0.2) is 9.37 Å². The molecule has 0 atom stereocenters. The summed E-state index contributed by atoms with van der Waals surface area (Å²) in [6.45, 7) is 5.35. The van der Waals surface area contributed by atoms with Gasteiger partial charge in [0.25, 0.3) is 5.91 Å². The maximum Gasteiger partial charge on any atom is 0.273 e. The highest BCUT2D eigenvalue weighted by Gasteiger charge is 2.18. The van der Waals surface area contributed by atoms with Gasteiger partial charge in [-0.05, 0) is 43.2 Å². The largest absolute Gasteiger partial charge is 0.447 e. The number of amides is 1. The van der Waals surface area contributed by atoms with Gasteiger partial charge in [0.05, 0.1) is 16.6 Å². The molecule has 30 heavy (non-hydrogen) atoms. The molecule has 3 rings (SSSR count). The Balaban J connectivity index is 1.62. The standard InChI is InChI=1S/C22H22Cl2FN3O2/c1-14(2)28(11-16-4-3-5-18(23)21(16)24)12-20-27-19(13-30-20)22(29)26-10-15-6-8-17(25)9-7-15/h3-9,13-14H,10-12H2,1-2H3,(H,26,29). The minimum absolute atomic E-state index is 0.183. The molecule has 3 aromatic rings. The first-order valence-corrected chi connectivity index (χ1v) is 10.2. The van der Waals surface area contributed by atoms with E-state index in [-0.39, 0.29) is 30.0 Å². The van der Waals surface area contributed by atoms with E-state index in [1.165, 1.54) is 18.4 Å². The third-order valence-corrected chi connectivity index (χ3v) is 5.48. The number of carbonyl (C=O) groups excluding carboxylic acids is 1. The maximum atomic E-state index is 13.0. The molecule has 8 heteroatoms. The SMILES string of the molecule is CC(C)N(Cc1nc(C(=O)NCc2ccc(F)cc2)co1)Cc1cccc(Cl)c1Cl. The molecule has 0 spiro atoms. The fraction of sp³-hybridized carbons (Fsp3) is 0.273. The molecule has 0 fully saturated rings. The predicted octanol–water partition coefficient (Wildman–Crippen LogP) is 5.46. The van der Waals surface area contributed by atoms with Crippen molar-refractivity contribution in [2.75, 3.05) is 0 Å².